The zero-order chi connectivity index (χ0) is 20.0. The van der Waals surface area contributed by atoms with E-state index in [0.717, 1.165) is 0 Å². The van der Waals surface area contributed by atoms with Crippen molar-refractivity contribution in [3.63, 3.8) is 0 Å². The molecule has 24 heavy (non-hydrogen) atoms. The number of primary amides is 1. The van der Waals surface area contributed by atoms with Crippen molar-refractivity contribution in [1.82, 2.24) is 0 Å². The van der Waals surface area contributed by atoms with Crippen LogP contribution in [0.1, 0.15) is 13.3 Å². The van der Waals surface area contributed by atoms with Gasteiger partial charge in [-0.1, -0.05) is 0 Å². The number of aliphatic carboxylic acids is 3. The van der Waals surface area contributed by atoms with Crippen LogP contribution < -0.4 is 22.9 Å². The molecule has 0 aromatic carbocycles. The van der Waals surface area contributed by atoms with Crippen molar-refractivity contribution in [3.8, 4) is 0 Å². The van der Waals surface area contributed by atoms with E-state index in [4.69, 9.17) is 42.7 Å². The van der Waals surface area contributed by atoms with Crippen LogP contribution in [0.4, 0.5) is 0 Å². The van der Waals surface area contributed by atoms with Crippen LogP contribution in [0, 0.1) is 0 Å². The summed E-state index contributed by atoms with van der Waals surface area (Å²) < 4.78 is 0. The van der Waals surface area contributed by atoms with Crippen molar-refractivity contribution >= 4 is 23.8 Å². The molecular formula is C11H24N4O9. The lowest BCUT2D eigenvalue weighted by Crippen LogP contribution is -2.39. The number of carboxylic acid groups (broad SMARTS) is 3. The molecule has 13 heteroatoms. The van der Waals surface area contributed by atoms with Crippen LogP contribution in [0.25, 0.3) is 0 Å². The topological polar surface area (TPSA) is 274 Å². The Morgan fingerprint density at radius 3 is 1.29 bits per heavy atom. The van der Waals surface area contributed by atoms with E-state index >= 15 is 0 Å². The molecule has 4 atom stereocenters. The summed E-state index contributed by atoms with van der Waals surface area (Å²) in [6.07, 6.45) is -1.29. The number of nitrogens with two attached hydrogens (primary N) is 4. The Hall–Kier alpha value is -2.32. The van der Waals surface area contributed by atoms with Crippen molar-refractivity contribution in [2.75, 3.05) is 6.61 Å². The van der Waals surface area contributed by atoms with Gasteiger partial charge in [-0.15, -0.1) is 0 Å². The Labute approximate surface area is 136 Å². The molecule has 0 bridgehead atoms. The van der Waals surface area contributed by atoms with Gasteiger partial charge in [-0.25, -0.2) is 0 Å². The van der Waals surface area contributed by atoms with Crippen molar-refractivity contribution in [3.05, 3.63) is 0 Å². The zero-order valence-corrected chi connectivity index (χ0v) is 12.9. The molecule has 0 aromatic heterocycles. The molecule has 13 N–H and O–H groups in total. The van der Waals surface area contributed by atoms with Gasteiger partial charge in [0, 0.05) is 0 Å². The van der Waals surface area contributed by atoms with E-state index in [9.17, 15) is 19.2 Å². The maximum absolute atomic E-state index is 9.99. The fourth-order valence-corrected chi connectivity index (χ4v) is 0.588. The van der Waals surface area contributed by atoms with Gasteiger partial charge in [-0.2, -0.15) is 0 Å². The Morgan fingerprint density at radius 2 is 1.25 bits per heavy atom. The molecule has 0 heterocycles. The monoisotopic (exact) mass is 356 g/mol. The molecule has 0 unspecified atom stereocenters. The number of hydrogen-bond donors (Lipinski definition) is 9. The average molecular weight is 356 g/mol. The summed E-state index contributed by atoms with van der Waals surface area (Å²) in [6.45, 7) is 0.827. The van der Waals surface area contributed by atoms with E-state index < -0.39 is 54.7 Å². The molecule has 0 radical (unpaired) electrons. The lowest BCUT2D eigenvalue weighted by molar-refractivity contribution is -0.141. The Bertz CT molecular complexity index is 416. The average Bonchev–Trinajstić information content (AvgIpc) is 2.45. The SMILES string of the molecule is C[C@@H](O)[C@H](N)C(=O)O.NC(=O)C[C@H](N)C(=O)O.N[C@@H](CO)C(=O)O. The summed E-state index contributed by atoms with van der Waals surface area (Å²) in [5, 5.41) is 40.5. The minimum atomic E-state index is -1.21. The predicted molar refractivity (Wildman–Crippen MR) is 79.4 cm³/mol. The van der Waals surface area contributed by atoms with E-state index in [1.165, 1.54) is 6.92 Å². The van der Waals surface area contributed by atoms with E-state index in [2.05, 4.69) is 5.73 Å². The number of rotatable bonds is 7. The van der Waals surface area contributed by atoms with Gasteiger partial charge >= 0.3 is 17.9 Å². The van der Waals surface area contributed by atoms with Crippen molar-refractivity contribution in [1.29, 1.82) is 0 Å². The number of amides is 1. The molecule has 13 nitrogen and oxygen atoms in total. The summed E-state index contributed by atoms with van der Waals surface area (Å²) in [5.74, 6) is -4.28. The molecular weight excluding hydrogens is 332 g/mol. The van der Waals surface area contributed by atoms with Crippen LogP contribution in [-0.2, 0) is 19.2 Å². The maximum atomic E-state index is 9.99. The molecule has 142 valence electrons. The first-order valence-corrected chi connectivity index (χ1v) is 6.30. The zero-order valence-electron chi connectivity index (χ0n) is 12.9. The van der Waals surface area contributed by atoms with Gasteiger partial charge in [0.05, 0.1) is 19.1 Å². The molecule has 0 aliphatic heterocycles. The fourth-order valence-electron chi connectivity index (χ4n) is 0.588. The van der Waals surface area contributed by atoms with Crippen LogP contribution in [0.3, 0.4) is 0 Å². The van der Waals surface area contributed by atoms with Crippen LogP contribution in [0.15, 0.2) is 0 Å². The third-order valence-electron chi connectivity index (χ3n) is 2.06. The molecule has 0 spiro atoms. The number of aliphatic hydroxyl groups is 2. The Kier molecular flexibility index (Phi) is 15.8. The highest BCUT2D eigenvalue weighted by Crippen LogP contribution is 1.86. The maximum Gasteiger partial charge on any atom is 0.323 e. The predicted octanol–water partition coefficient (Wildman–Crippen LogP) is -4.56. The van der Waals surface area contributed by atoms with Crippen molar-refractivity contribution < 1.29 is 44.7 Å². The number of aliphatic hydroxyl groups excluding tert-OH is 2. The first-order chi connectivity index (χ1) is 10.8. The first-order valence-electron chi connectivity index (χ1n) is 6.30. The van der Waals surface area contributed by atoms with Crippen molar-refractivity contribution in [2.45, 2.75) is 37.6 Å². The lowest BCUT2D eigenvalue weighted by atomic mass is 10.2. The minimum Gasteiger partial charge on any atom is -0.480 e. The molecule has 0 fully saturated rings. The van der Waals surface area contributed by atoms with Gasteiger partial charge in [0.15, 0.2) is 0 Å². The van der Waals surface area contributed by atoms with Crippen LogP contribution in [-0.4, -0.2) is 80.2 Å². The second-order valence-corrected chi connectivity index (χ2v) is 4.35. The van der Waals surface area contributed by atoms with Gasteiger partial charge in [0.2, 0.25) is 5.91 Å². The molecule has 0 saturated heterocycles. The van der Waals surface area contributed by atoms with E-state index in [0.29, 0.717) is 0 Å². The number of carboxylic acids is 3. The highest BCUT2D eigenvalue weighted by molar-refractivity contribution is 5.83. The standard InChI is InChI=1S/C4H8N2O3.C4H9NO3.C3H7NO3/c5-2(4(8)9)1-3(6)7;1-2(6)3(5)4(7)8;4-2(1-5)3(6)7/h2H,1,5H2,(H2,6,7)(H,8,9);2-3,6H,5H2,1H3,(H,7,8);2,5H,1,4H2,(H,6,7)/t2-;2-,3+;2-/m010/s1. The Morgan fingerprint density at radius 1 is 0.875 bits per heavy atom. The van der Waals surface area contributed by atoms with Crippen LogP contribution in [0.5, 0.6) is 0 Å². The smallest absolute Gasteiger partial charge is 0.323 e. The van der Waals surface area contributed by atoms with Gasteiger partial charge < -0.3 is 48.5 Å². The van der Waals surface area contributed by atoms with E-state index in [1.807, 2.05) is 0 Å². The Balaban J connectivity index is -0.000000278. The highest BCUT2D eigenvalue weighted by atomic mass is 16.4. The second-order valence-electron chi connectivity index (χ2n) is 4.35. The van der Waals surface area contributed by atoms with Gasteiger partial charge in [-0.3, -0.25) is 19.2 Å². The second kappa shape index (κ2) is 14.3. The van der Waals surface area contributed by atoms with Gasteiger partial charge in [0.25, 0.3) is 0 Å². The molecule has 0 saturated carbocycles. The number of carbonyl (C=O) groups excluding carboxylic acids is 1. The normalized spacial score (nSPS) is 14.4. The summed E-state index contributed by atoms with van der Waals surface area (Å²) in [4.78, 5) is 39.4. The third kappa shape index (κ3) is 17.7. The molecule has 0 aromatic rings. The molecule has 1 amide bonds. The van der Waals surface area contributed by atoms with E-state index in [-0.39, 0.29) is 6.42 Å². The van der Waals surface area contributed by atoms with Crippen LogP contribution in [0.2, 0.25) is 0 Å². The van der Waals surface area contributed by atoms with Crippen LogP contribution >= 0.6 is 0 Å². The molecule has 0 aliphatic rings. The summed E-state index contributed by atoms with van der Waals surface area (Å²) in [5.41, 5.74) is 19.2. The number of hydrogen-bond acceptors (Lipinski definition) is 9. The summed E-state index contributed by atoms with van der Waals surface area (Å²) >= 11 is 0. The largest absolute Gasteiger partial charge is 0.480 e. The van der Waals surface area contributed by atoms with Gasteiger partial charge in [-0.05, 0) is 6.92 Å². The van der Waals surface area contributed by atoms with E-state index in [1.54, 1.807) is 0 Å². The highest BCUT2D eigenvalue weighted by Gasteiger charge is 2.16. The van der Waals surface area contributed by atoms with Crippen molar-refractivity contribution in [2.24, 2.45) is 22.9 Å². The minimum absolute atomic E-state index is 0.310. The summed E-state index contributed by atoms with van der Waals surface area (Å²) in [6, 6.07) is -3.45. The first kappa shape index (κ1) is 26.6. The number of carbonyl (C=O) groups is 4. The van der Waals surface area contributed by atoms with Gasteiger partial charge in [0.1, 0.15) is 18.1 Å². The summed E-state index contributed by atoms with van der Waals surface area (Å²) in [7, 11) is 0. The lowest BCUT2D eigenvalue weighted by Gasteiger charge is -2.06. The molecule has 0 aliphatic carbocycles. The molecule has 0 rings (SSSR count). The fraction of sp³-hybridized carbons (Fsp3) is 0.636. The quantitative estimate of drug-likeness (QED) is 0.208. The third-order valence-corrected chi connectivity index (χ3v) is 2.06.